The Labute approximate surface area is 93.3 Å². The van der Waals surface area contributed by atoms with E-state index in [2.05, 4.69) is 4.98 Å². The van der Waals surface area contributed by atoms with E-state index in [-0.39, 0.29) is 25.0 Å². The molecule has 2 heterocycles. The van der Waals surface area contributed by atoms with Crippen molar-refractivity contribution in [3.05, 3.63) is 23.9 Å². The number of carbonyl (C=O) groups excluding carboxylic acids is 1. The first-order valence-corrected chi connectivity index (χ1v) is 5.22. The van der Waals surface area contributed by atoms with Crippen LogP contribution < -0.4 is 4.90 Å². The molecule has 1 fully saturated rings. The molecule has 5 heteroatoms. The van der Waals surface area contributed by atoms with E-state index in [1.165, 1.54) is 0 Å². The predicted octanol–water partition coefficient (Wildman–Crippen LogP) is -0.0809. The molecule has 1 amide bonds. The third-order valence-electron chi connectivity index (χ3n) is 2.69. The van der Waals surface area contributed by atoms with Gasteiger partial charge in [0.05, 0.1) is 12.3 Å². The maximum absolute atomic E-state index is 11.7. The largest absolute Gasteiger partial charge is 0.396 e. The monoisotopic (exact) mass is 222 g/mol. The SMILES string of the molecule is O=C1CC(CO)CN1c1cccc(CO)n1. The average Bonchev–Trinajstić information content (AvgIpc) is 2.71. The van der Waals surface area contributed by atoms with E-state index in [0.717, 1.165) is 0 Å². The summed E-state index contributed by atoms with van der Waals surface area (Å²) in [5.41, 5.74) is 0.540. The number of hydrogen-bond acceptors (Lipinski definition) is 4. The van der Waals surface area contributed by atoms with Gasteiger partial charge in [0.1, 0.15) is 5.82 Å². The lowest BCUT2D eigenvalue weighted by Crippen LogP contribution is -2.26. The van der Waals surface area contributed by atoms with Gasteiger partial charge >= 0.3 is 0 Å². The number of nitrogens with zero attached hydrogens (tertiary/aromatic N) is 2. The maximum atomic E-state index is 11.7. The predicted molar refractivity (Wildman–Crippen MR) is 57.7 cm³/mol. The van der Waals surface area contributed by atoms with Crippen molar-refractivity contribution in [3.63, 3.8) is 0 Å². The molecule has 2 rings (SSSR count). The summed E-state index contributed by atoms with van der Waals surface area (Å²) in [4.78, 5) is 17.4. The third kappa shape index (κ3) is 2.05. The van der Waals surface area contributed by atoms with E-state index >= 15 is 0 Å². The Hall–Kier alpha value is -1.46. The molecule has 16 heavy (non-hydrogen) atoms. The van der Waals surface area contributed by atoms with Gasteiger partial charge in [-0.05, 0) is 12.1 Å². The zero-order chi connectivity index (χ0) is 11.5. The highest BCUT2D eigenvalue weighted by Gasteiger charge is 2.30. The fourth-order valence-electron chi connectivity index (χ4n) is 1.83. The average molecular weight is 222 g/mol. The van der Waals surface area contributed by atoms with Gasteiger partial charge in [-0.25, -0.2) is 4.98 Å². The van der Waals surface area contributed by atoms with Crippen LogP contribution in [0.25, 0.3) is 0 Å². The van der Waals surface area contributed by atoms with Gasteiger partial charge in [-0.3, -0.25) is 9.69 Å². The molecule has 1 aliphatic rings. The van der Waals surface area contributed by atoms with Gasteiger partial charge in [0, 0.05) is 25.5 Å². The molecule has 0 bridgehead atoms. The van der Waals surface area contributed by atoms with Gasteiger partial charge in [-0.1, -0.05) is 6.07 Å². The minimum Gasteiger partial charge on any atom is -0.396 e. The van der Waals surface area contributed by atoms with Crippen LogP contribution in [0.3, 0.4) is 0 Å². The number of aromatic nitrogens is 1. The first-order chi connectivity index (χ1) is 7.74. The topological polar surface area (TPSA) is 73.7 Å². The van der Waals surface area contributed by atoms with E-state index in [1.54, 1.807) is 23.1 Å². The molecule has 86 valence electrons. The Bertz CT molecular complexity index is 395. The second-order valence-corrected chi connectivity index (χ2v) is 3.90. The molecule has 0 aromatic carbocycles. The van der Waals surface area contributed by atoms with Crippen molar-refractivity contribution in [1.29, 1.82) is 0 Å². The molecule has 1 atom stereocenters. The van der Waals surface area contributed by atoms with Crippen LogP contribution in [0.5, 0.6) is 0 Å². The Morgan fingerprint density at radius 3 is 2.88 bits per heavy atom. The molecule has 5 nitrogen and oxygen atoms in total. The highest BCUT2D eigenvalue weighted by Crippen LogP contribution is 2.23. The van der Waals surface area contributed by atoms with Crippen molar-refractivity contribution in [1.82, 2.24) is 4.98 Å². The van der Waals surface area contributed by atoms with Gasteiger partial charge in [0.15, 0.2) is 0 Å². The number of rotatable bonds is 3. The molecule has 1 unspecified atom stereocenters. The van der Waals surface area contributed by atoms with Crippen molar-refractivity contribution < 1.29 is 15.0 Å². The molecule has 0 aliphatic carbocycles. The van der Waals surface area contributed by atoms with Crippen LogP contribution >= 0.6 is 0 Å². The van der Waals surface area contributed by atoms with Crippen LogP contribution in [0.15, 0.2) is 18.2 Å². The van der Waals surface area contributed by atoms with Crippen LogP contribution in [0.1, 0.15) is 12.1 Å². The number of aliphatic hydroxyl groups is 2. The minimum absolute atomic E-state index is 0.00733. The number of pyridine rings is 1. The third-order valence-corrected chi connectivity index (χ3v) is 2.69. The summed E-state index contributed by atoms with van der Waals surface area (Å²) in [7, 11) is 0. The summed E-state index contributed by atoms with van der Waals surface area (Å²) in [5, 5.41) is 18.0. The van der Waals surface area contributed by atoms with E-state index in [1.807, 2.05) is 0 Å². The fraction of sp³-hybridized carbons (Fsp3) is 0.455. The Kier molecular flexibility index (Phi) is 3.17. The number of carbonyl (C=O) groups is 1. The lowest BCUT2D eigenvalue weighted by Gasteiger charge is -2.15. The molecule has 2 N–H and O–H groups in total. The van der Waals surface area contributed by atoms with Gasteiger partial charge in [-0.15, -0.1) is 0 Å². The molecular formula is C11H14N2O3. The molecule has 0 radical (unpaired) electrons. The standard InChI is InChI=1S/C11H14N2O3/c14-6-8-4-11(16)13(5-8)10-3-1-2-9(7-15)12-10/h1-3,8,14-15H,4-7H2. The lowest BCUT2D eigenvalue weighted by molar-refractivity contribution is -0.117. The minimum atomic E-state index is -0.140. The second-order valence-electron chi connectivity index (χ2n) is 3.90. The molecule has 1 aliphatic heterocycles. The van der Waals surface area contributed by atoms with Crippen LogP contribution in [0.2, 0.25) is 0 Å². The van der Waals surface area contributed by atoms with Crippen LogP contribution in [-0.2, 0) is 11.4 Å². The number of aliphatic hydroxyl groups excluding tert-OH is 2. The van der Waals surface area contributed by atoms with E-state index in [4.69, 9.17) is 10.2 Å². The highest BCUT2D eigenvalue weighted by molar-refractivity contribution is 5.94. The Morgan fingerprint density at radius 1 is 1.44 bits per heavy atom. The zero-order valence-corrected chi connectivity index (χ0v) is 8.83. The quantitative estimate of drug-likeness (QED) is 0.750. The van der Waals surface area contributed by atoms with Crippen LogP contribution in [-0.4, -0.2) is 34.3 Å². The smallest absolute Gasteiger partial charge is 0.228 e. The van der Waals surface area contributed by atoms with Crippen molar-refractivity contribution in [2.75, 3.05) is 18.1 Å². The zero-order valence-electron chi connectivity index (χ0n) is 8.83. The van der Waals surface area contributed by atoms with Crippen molar-refractivity contribution >= 4 is 11.7 Å². The van der Waals surface area contributed by atoms with Crippen LogP contribution in [0, 0.1) is 5.92 Å². The molecule has 0 spiro atoms. The second kappa shape index (κ2) is 4.59. The van der Waals surface area contributed by atoms with Gasteiger partial charge < -0.3 is 10.2 Å². The Balaban J connectivity index is 2.20. The molecule has 0 saturated carbocycles. The summed E-state index contributed by atoms with van der Waals surface area (Å²) in [6.45, 7) is 0.373. The van der Waals surface area contributed by atoms with E-state index in [9.17, 15) is 4.79 Å². The van der Waals surface area contributed by atoms with Crippen molar-refractivity contribution in [2.45, 2.75) is 13.0 Å². The Morgan fingerprint density at radius 2 is 2.25 bits per heavy atom. The number of amides is 1. The first-order valence-electron chi connectivity index (χ1n) is 5.22. The summed E-state index contributed by atoms with van der Waals surface area (Å²) >= 11 is 0. The number of hydrogen-bond donors (Lipinski definition) is 2. The summed E-state index contributed by atoms with van der Waals surface area (Å²) in [6.07, 6.45) is 0.363. The lowest BCUT2D eigenvalue weighted by atomic mass is 10.1. The number of anilines is 1. The van der Waals surface area contributed by atoms with Crippen LogP contribution in [0.4, 0.5) is 5.82 Å². The summed E-state index contributed by atoms with van der Waals surface area (Å²) in [5.74, 6) is 0.515. The normalized spacial score (nSPS) is 20.5. The van der Waals surface area contributed by atoms with E-state index < -0.39 is 0 Å². The summed E-state index contributed by atoms with van der Waals surface area (Å²) in [6, 6.07) is 5.19. The first kappa shape index (κ1) is 11.0. The highest BCUT2D eigenvalue weighted by atomic mass is 16.3. The molecular weight excluding hydrogens is 208 g/mol. The summed E-state index contributed by atoms with van der Waals surface area (Å²) < 4.78 is 0. The van der Waals surface area contributed by atoms with Gasteiger partial charge in [-0.2, -0.15) is 0 Å². The molecule has 1 saturated heterocycles. The van der Waals surface area contributed by atoms with Gasteiger partial charge in [0.25, 0.3) is 0 Å². The molecule has 1 aromatic rings. The van der Waals surface area contributed by atoms with Gasteiger partial charge in [0.2, 0.25) is 5.91 Å². The fourth-order valence-corrected chi connectivity index (χ4v) is 1.83. The van der Waals surface area contributed by atoms with E-state index in [0.29, 0.717) is 24.5 Å². The van der Waals surface area contributed by atoms with Crippen molar-refractivity contribution in [3.8, 4) is 0 Å². The molecule has 1 aromatic heterocycles. The maximum Gasteiger partial charge on any atom is 0.228 e. The van der Waals surface area contributed by atoms with Crippen molar-refractivity contribution in [2.24, 2.45) is 5.92 Å².